The molecular formula is C7H9ClN2S. The van der Waals surface area contributed by atoms with E-state index in [0.717, 1.165) is 16.4 Å². The van der Waals surface area contributed by atoms with Crippen molar-refractivity contribution in [1.82, 2.24) is 9.97 Å². The van der Waals surface area contributed by atoms with Crippen LogP contribution in [-0.2, 0) is 5.88 Å². The lowest BCUT2D eigenvalue weighted by molar-refractivity contribution is 0.933. The maximum atomic E-state index is 5.67. The summed E-state index contributed by atoms with van der Waals surface area (Å²) in [5.41, 5.74) is 1.00. The van der Waals surface area contributed by atoms with Gasteiger partial charge in [-0.1, -0.05) is 0 Å². The largest absolute Gasteiger partial charge is 0.241 e. The maximum Gasteiger partial charge on any atom is 0.126 e. The van der Waals surface area contributed by atoms with Crippen molar-refractivity contribution < 1.29 is 0 Å². The van der Waals surface area contributed by atoms with E-state index in [0.29, 0.717) is 5.88 Å². The van der Waals surface area contributed by atoms with E-state index in [1.807, 2.05) is 13.2 Å². The Morgan fingerprint density at radius 1 is 1.64 bits per heavy atom. The van der Waals surface area contributed by atoms with Gasteiger partial charge in [-0.25, -0.2) is 9.97 Å². The van der Waals surface area contributed by atoms with Crippen LogP contribution >= 0.6 is 23.4 Å². The molecule has 0 radical (unpaired) electrons. The lowest BCUT2D eigenvalue weighted by atomic mass is 10.4. The van der Waals surface area contributed by atoms with E-state index < -0.39 is 0 Å². The van der Waals surface area contributed by atoms with E-state index >= 15 is 0 Å². The van der Waals surface area contributed by atoms with Gasteiger partial charge in [-0.3, -0.25) is 0 Å². The molecule has 1 aromatic rings. The molecule has 0 aliphatic carbocycles. The van der Waals surface area contributed by atoms with Crippen molar-refractivity contribution >= 4 is 23.4 Å². The smallest absolute Gasteiger partial charge is 0.126 e. The van der Waals surface area contributed by atoms with Crippen molar-refractivity contribution in [1.29, 1.82) is 0 Å². The number of halogens is 1. The molecule has 0 saturated heterocycles. The Morgan fingerprint density at radius 3 is 2.91 bits per heavy atom. The predicted molar refractivity (Wildman–Crippen MR) is 48.1 cm³/mol. The van der Waals surface area contributed by atoms with Crippen LogP contribution in [0, 0.1) is 6.92 Å². The molecule has 2 nitrogen and oxygen atoms in total. The van der Waals surface area contributed by atoms with E-state index in [-0.39, 0.29) is 0 Å². The molecule has 0 amide bonds. The molecule has 60 valence electrons. The molecule has 0 bridgehead atoms. The summed E-state index contributed by atoms with van der Waals surface area (Å²) in [4.78, 5) is 8.28. The molecule has 4 heteroatoms. The Bertz CT molecular complexity index is 252. The summed E-state index contributed by atoms with van der Waals surface area (Å²) in [6.07, 6.45) is 3.76. The van der Waals surface area contributed by atoms with Crippen molar-refractivity contribution in [2.45, 2.75) is 17.8 Å². The van der Waals surface area contributed by atoms with E-state index in [2.05, 4.69) is 9.97 Å². The summed E-state index contributed by atoms with van der Waals surface area (Å²) in [6, 6.07) is 0. The Labute approximate surface area is 75.4 Å². The third-order valence-electron chi connectivity index (χ3n) is 1.28. The number of aryl methyl sites for hydroxylation is 1. The topological polar surface area (TPSA) is 25.8 Å². The molecule has 0 aliphatic rings. The first-order chi connectivity index (χ1) is 5.27. The van der Waals surface area contributed by atoms with E-state index in [9.17, 15) is 0 Å². The SMILES string of the molecule is CSc1nc(C)ncc1CCl. The number of hydrogen-bond acceptors (Lipinski definition) is 3. The first kappa shape index (κ1) is 8.81. The summed E-state index contributed by atoms with van der Waals surface area (Å²) in [6.45, 7) is 1.87. The average Bonchev–Trinajstić information content (AvgIpc) is 2.04. The minimum Gasteiger partial charge on any atom is -0.241 e. The van der Waals surface area contributed by atoms with E-state index in [4.69, 9.17) is 11.6 Å². The highest BCUT2D eigenvalue weighted by Gasteiger charge is 2.01. The summed E-state index contributed by atoms with van der Waals surface area (Å²) in [7, 11) is 0. The highest BCUT2D eigenvalue weighted by Crippen LogP contribution is 2.18. The van der Waals surface area contributed by atoms with Gasteiger partial charge in [-0.2, -0.15) is 0 Å². The zero-order valence-electron chi connectivity index (χ0n) is 6.47. The van der Waals surface area contributed by atoms with Crippen molar-refractivity contribution in [3.8, 4) is 0 Å². The van der Waals surface area contributed by atoms with Crippen LogP contribution in [-0.4, -0.2) is 16.2 Å². The second-order valence-corrected chi connectivity index (χ2v) is 3.15. The van der Waals surface area contributed by atoms with Crippen LogP contribution in [0.5, 0.6) is 0 Å². The molecular weight excluding hydrogens is 180 g/mol. The standard InChI is InChI=1S/C7H9ClN2S/c1-5-9-4-6(3-8)7(10-5)11-2/h4H,3H2,1-2H3. The molecule has 0 fully saturated rings. The molecule has 1 aromatic heterocycles. The average molecular weight is 189 g/mol. The van der Waals surface area contributed by atoms with Gasteiger partial charge in [0.25, 0.3) is 0 Å². The number of thioether (sulfide) groups is 1. The predicted octanol–water partition coefficient (Wildman–Crippen LogP) is 2.25. The summed E-state index contributed by atoms with van der Waals surface area (Å²) >= 11 is 7.27. The molecule has 11 heavy (non-hydrogen) atoms. The number of hydrogen-bond donors (Lipinski definition) is 0. The molecule has 0 saturated carbocycles. The van der Waals surface area contributed by atoms with E-state index in [1.54, 1.807) is 18.0 Å². The minimum absolute atomic E-state index is 0.483. The third-order valence-corrected chi connectivity index (χ3v) is 2.31. The van der Waals surface area contributed by atoms with Crippen LogP contribution in [0.3, 0.4) is 0 Å². The second kappa shape index (κ2) is 3.93. The van der Waals surface area contributed by atoms with Crippen LogP contribution in [0.1, 0.15) is 11.4 Å². The van der Waals surface area contributed by atoms with Gasteiger partial charge < -0.3 is 0 Å². The van der Waals surface area contributed by atoms with Gasteiger partial charge >= 0.3 is 0 Å². The lowest BCUT2D eigenvalue weighted by Gasteiger charge is -2.01. The molecule has 0 unspecified atom stereocenters. The Balaban J connectivity index is 3.06. The summed E-state index contributed by atoms with van der Waals surface area (Å²) in [5, 5.41) is 0.979. The summed E-state index contributed by atoms with van der Waals surface area (Å²) in [5.74, 6) is 1.28. The zero-order valence-corrected chi connectivity index (χ0v) is 8.04. The minimum atomic E-state index is 0.483. The Morgan fingerprint density at radius 2 is 2.36 bits per heavy atom. The fourth-order valence-electron chi connectivity index (χ4n) is 0.743. The second-order valence-electron chi connectivity index (χ2n) is 2.09. The molecule has 1 rings (SSSR count). The monoisotopic (exact) mass is 188 g/mol. The van der Waals surface area contributed by atoms with Crippen molar-refractivity contribution in [2.24, 2.45) is 0 Å². The quantitative estimate of drug-likeness (QED) is 0.405. The van der Waals surface area contributed by atoms with Gasteiger partial charge in [0.2, 0.25) is 0 Å². The van der Waals surface area contributed by atoms with Crippen LogP contribution in [0.25, 0.3) is 0 Å². The normalized spacial score (nSPS) is 10.1. The third kappa shape index (κ3) is 2.07. The fraction of sp³-hybridized carbons (Fsp3) is 0.429. The highest BCUT2D eigenvalue weighted by atomic mass is 35.5. The van der Waals surface area contributed by atoms with Crippen LogP contribution in [0.15, 0.2) is 11.2 Å². The molecule has 0 aromatic carbocycles. The first-order valence-corrected chi connectivity index (χ1v) is 4.96. The summed E-state index contributed by atoms with van der Waals surface area (Å²) < 4.78 is 0. The maximum absolute atomic E-state index is 5.67. The van der Waals surface area contributed by atoms with Crippen molar-refractivity contribution in [3.05, 3.63) is 17.6 Å². The number of aromatic nitrogens is 2. The van der Waals surface area contributed by atoms with Gasteiger partial charge in [0.05, 0.1) is 5.88 Å². The van der Waals surface area contributed by atoms with Crippen LogP contribution in [0.2, 0.25) is 0 Å². The Kier molecular flexibility index (Phi) is 3.15. The molecule has 0 N–H and O–H groups in total. The zero-order chi connectivity index (χ0) is 8.27. The lowest BCUT2D eigenvalue weighted by Crippen LogP contribution is -1.93. The molecule has 0 aliphatic heterocycles. The van der Waals surface area contributed by atoms with Gasteiger partial charge in [-0.05, 0) is 13.2 Å². The fourth-order valence-corrected chi connectivity index (χ4v) is 1.63. The Hall–Kier alpha value is -0.280. The van der Waals surface area contributed by atoms with Gasteiger partial charge in [-0.15, -0.1) is 23.4 Å². The van der Waals surface area contributed by atoms with Gasteiger partial charge in [0.15, 0.2) is 0 Å². The van der Waals surface area contributed by atoms with Crippen LogP contribution < -0.4 is 0 Å². The van der Waals surface area contributed by atoms with E-state index in [1.165, 1.54) is 0 Å². The number of rotatable bonds is 2. The van der Waals surface area contributed by atoms with Gasteiger partial charge in [0.1, 0.15) is 10.9 Å². The molecule has 1 heterocycles. The number of alkyl halides is 1. The highest BCUT2D eigenvalue weighted by molar-refractivity contribution is 7.98. The van der Waals surface area contributed by atoms with Crippen molar-refractivity contribution in [2.75, 3.05) is 6.26 Å². The van der Waals surface area contributed by atoms with Crippen molar-refractivity contribution in [3.63, 3.8) is 0 Å². The van der Waals surface area contributed by atoms with Gasteiger partial charge in [0, 0.05) is 11.8 Å². The molecule has 0 spiro atoms. The van der Waals surface area contributed by atoms with Crippen LogP contribution in [0.4, 0.5) is 0 Å². The molecule has 0 atom stereocenters. The number of nitrogens with zero attached hydrogens (tertiary/aromatic N) is 2. The first-order valence-electron chi connectivity index (χ1n) is 3.20.